The van der Waals surface area contributed by atoms with Crippen molar-refractivity contribution in [2.75, 3.05) is 6.61 Å². The van der Waals surface area contributed by atoms with Gasteiger partial charge in [-0.1, -0.05) is 13.0 Å². The van der Waals surface area contributed by atoms with Gasteiger partial charge in [-0.3, -0.25) is 0 Å². The average Bonchev–Trinajstić information content (AvgIpc) is 2.74. The lowest BCUT2D eigenvalue weighted by Gasteiger charge is -2.09. The number of fused-ring (bicyclic) bond motifs is 1. The molecule has 0 amide bonds. The van der Waals surface area contributed by atoms with E-state index in [9.17, 15) is 9.90 Å². The summed E-state index contributed by atoms with van der Waals surface area (Å²) >= 11 is 0. The molecule has 0 bridgehead atoms. The van der Waals surface area contributed by atoms with Gasteiger partial charge in [-0.05, 0) is 25.0 Å². The lowest BCUT2D eigenvalue weighted by atomic mass is 10.2. The van der Waals surface area contributed by atoms with Gasteiger partial charge in [-0.2, -0.15) is 0 Å². The number of aromatic carboxylic acids is 1. The van der Waals surface area contributed by atoms with Crippen molar-refractivity contribution in [1.82, 2.24) is 9.55 Å². The van der Waals surface area contributed by atoms with Crippen LogP contribution in [0.25, 0.3) is 11.0 Å². The number of carbonyl (C=O) groups is 1. The van der Waals surface area contributed by atoms with Gasteiger partial charge in [-0.15, -0.1) is 0 Å². The number of aromatic nitrogens is 2. The van der Waals surface area contributed by atoms with Gasteiger partial charge in [0.2, 0.25) is 0 Å². The Labute approximate surface area is 111 Å². The molecule has 0 spiro atoms. The van der Waals surface area contributed by atoms with E-state index >= 15 is 0 Å². The molecule has 5 heteroatoms. The van der Waals surface area contributed by atoms with Gasteiger partial charge in [-0.25, -0.2) is 9.78 Å². The Morgan fingerprint density at radius 1 is 1.42 bits per heavy atom. The van der Waals surface area contributed by atoms with Gasteiger partial charge in [0.25, 0.3) is 0 Å². The Bertz CT molecular complexity index is 590. The van der Waals surface area contributed by atoms with Crippen molar-refractivity contribution in [3.63, 3.8) is 0 Å². The third kappa shape index (κ3) is 2.61. The van der Waals surface area contributed by atoms with Crippen molar-refractivity contribution >= 4 is 17.0 Å². The zero-order valence-corrected chi connectivity index (χ0v) is 11.0. The maximum absolute atomic E-state index is 11.3. The molecule has 0 fully saturated rings. The highest BCUT2D eigenvalue weighted by molar-refractivity contribution is 6.01. The monoisotopic (exact) mass is 262 g/mol. The fraction of sp³-hybridized carbons (Fsp3) is 0.429. The first-order valence-electron chi connectivity index (χ1n) is 6.51. The standard InChI is InChI=1S/C14H18N2O3/c1-2-5-12-15-11-7-3-6-10(14(18)19)13(11)16(12)8-4-9-17/h3,6-7,17H,2,4-5,8-9H2,1H3,(H,18,19). The smallest absolute Gasteiger partial charge is 0.337 e. The van der Waals surface area contributed by atoms with E-state index in [1.54, 1.807) is 12.1 Å². The van der Waals surface area contributed by atoms with Crippen LogP contribution < -0.4 is 0 Å². The van der Waals surface area contributed by atoms with Gasteiger partial charge in [0, 0.05) is 19.6 Å². The molecule has 0 aliphatic carbocycles. The second-order valence-corrected chi connectivity index (χ2v) is 4.49. The number of rotatable bonds is 6. The van der Waals surface area contributed by atoms with Crippen LogP contribution >= 0.6 is 0 Å². The first kappa shape index (κ1) is 13.5. The van der Waals surface area contributed by atoms with Crippen molar-refractivity contribution in [1.29, 1.82) is 0 Å². The fourth-order valence-corrected chi connectivity index (χ4v) is 2.29. The molecule has 0 atom stereocenters. The summed E-state index contributed by atoms with van der Waals surface area (Å²) < 4.78 is 1.93. The van der Waals surface area contributed by atoms with Crippen LogP contribution in [0, 0.1) is 0 Å². The lowest BCUT2D eigenvalue weighted by Crippen LogP contribution is -2.08. The second kappa shape index (κ2) is 5.84. The Morgan fingerprint density at radius 2 is 2.21 bits per heavy atom. The van der Waals surface area contributed by atoms with Crippen molar-refractivity contribution in [3.05, 3.63) is 29.6 Å². The number of carboxylic acid groups (broad SMARTS) is 1. The molecule has 5 nitrogen and oxygen atoms in total. The highest BCUT2D eigenvalue weighted by Crippen LogP contribution is 2.22. The Hall–Kier alpha value is -1.88. The van der Waals surface area contributed by atoms with Crippen LogP contribution in [0.2, 0.25) is 0 Å². The lowest BCUT2D eigenvalue weighted by molar-refractivity contribution is 0.0698. The zero-order valence-electron chi connectivity index (χ0n) is 11.0. The van der Waals surface area contributed by atoms with Gasteiger partial charge < -0.3 is 14.8 Å². The van der Waals surface area contributed by atoms with Crippen LogP contribution in [0.3, 0.4) is 0 Å². The molecule has 1 aromatic heterocycles. The maximum Gasteiger partial charge on any atom is 0.337 e. The number of aryl methyl sites for hydroxylation is 2. The molecule has 1 aromatic carbocycles. The number of benzene rings is 1. The number of carboxylic acids is 1. The normalized spacial score (nSPS) is 11.1. The molecule has 2 aromatic rings. The summed E-state index contributed by atoms with van der Waals surface area (Å²) in [5.74, 6) is -0.0570. The van der Waals surface area contributed by atoms with Crippen molar-refractivity contribution in [2.45, 2.75) is 32.7 Å². The maximum atomic E-state index is 11.3. The minimum Gasteiger partial charge on any atom is -0.478 e. The van der Waals surface area contributed by atoms with Crippen molar-refractivity contribution in [3.8, 4) is 0 Å². The molecular weight excluding hydrogens is 244 g/mol. The molecule has 0 saturated carbocycles. The predicted molar refractivity (Wildman–Crippen MR) is 72.4 cm³/mol. The summed E-state index contributed by atoms with van der Waals surface area (Å²) in [5.41, 5.74) is 1.64. The largest absolute Gasteiger partial charge is 0.478 e. The summed E-state index contributed by atoms with van der Waals surface area (Å²) in [5, 5.41) is 18.3. The summed E-state index contributed by atoms with van der Waals surface area (Å²) in [6.45, 7) is 2.74. The van der Waals surface area contributed by atoms with E-state index in [2.05, 4.69) is 11.9 Å². The highest BCUT2D eigenvalue weighted by atomic mass is 16.4. The summed E-state index contributed by atoms with van der Waals surface area (Å²) in [6.07, 6.45) is 2.35. The Kier molecular flexibility index (Phi) is 4.16. The topological polar surface area (TPSA) is 75.3 Å². The fourth-order valence-electron chi connectivity index (χ4n) is 2.29. The minimum absolute atomic E-state index is 0.0838. The van der Waals surface area contributed by atoms with Gasteiger partial charge in [0.05, 0.1) is 16.6 Å². The molecule has 2 N–H and O–H groups in total. The van der Waals surface area contributed by atoms with E-state index in [1.807, 2.05) is 10.6 Å². The number of imidazole rings is 1. The van der Waals surface area contributed by atoms with Crippen LogP contribution in [-0.2, 0) is 13.0 Å². The number of hydrogen-bond donors (Lipinski definition) is 2. The SMILES string of the molecule is CCCc1nc2cccc(C(=O)O)c2n1CCCO. The zero-order chi connectivity index (χ0) is 13.8. The van der Waals surface area contributed by atoms with Crippen LogP contribution in [0.1, 0.15) is 35.9 Å². The predicted octanol–water partition coefficient (Wildman–Crippen LogP) is 2.07. The van der Waals surface area contributed by atoms with Crippen molar-refractivity contribution < 1.29 is 15.0 Å². The number of para-hydroxylation sites is 1. The van der Waals surface area contributed by atoms with E-state index < -0.39 is 5.97 Å². The van der Waals surface area contributed by atoms with Gasteiger partial charge in [0.15, 0.2) is 0 Å². The molecule has 102 valence electrons. The van der Waals surface area contributed by atoms with E-state index in [1.165, 1.54) is 0 Å². The third-order valence-electron chi connectivity index (χ3n) is 3.09. The highest BCUT2D eigenvalue weighted by Gasteiger charge is 2.16. The molecule has 0 unspecified atom stereocenters. The number of aliphatic hydroxyl groups excluding tert-OH is 1. The van der Waals surface area contributed by atoms with Crippen LogP contribution in [0.5, 0.6) is 0 Å². The second-order valence-electron chi connectivity index (χ2n) is 4.49. The van der Waals surface area contributed by atoms with E-state index in [4.69, 9.17) is 5.11 Å². The Morgan fingerprint density at radius 3 is 2.84 bits per heavy atom. The summed E-state index contributed by atoms with van der Waals surface area (Å²) in [6, 6.07) is 5.14. The molecule has 0 radical (unpaired) electrons. The quantitative estimate of drug-likeness (QED) is 0.835. The van der Waals surface area contributed by atoms with Crippen molar-refractivity contribution in [2.24, 2.45) is 0 Å². The molecule has 0 aliphatic heterocycles. The molecule has 0 aliphatic rings. The van der Waals surface area contributed by atoms with Crippen LogP contribution in [0.4, 0.5) is 0 Å². The third-order valence-corrected chi connectivity index (χ3v) is 3.09. The minimum atomic E-state index is -0.946. The van der Waals surface area contributed by atoms with Gasteiger partial charge in [0.1, 0.15) is 5.82 Å². The number of nitrogens with zero attached hydrogens (tertiary/aromatic N) is 2. The molecule has 2 rings (SSSR count). The molecular formula is C14H18N2O3. The van der Waals surface area contributed by atoms with Gasteiger partial charge >= 0.3 is 5.97 Å². The summed E-state index contributed by atoms with van der Waals surface area (Å²) in [7, 11) is 0. The Balaban J connectivity index is 2.62. The summed E-state index contributed by atoms with van der Waals surface area (Å²) in [4.78, 5) is 15.8. The molecule has 1 heterocycles. The molecule has 0 saturated heterocycles. The average molecular weight is 262 g/mol. The van der Waals surface area contributed by atoms with E-state index in [0.717, 1.165) is 18.7 Å². The van der Waals surface area contributed by atoms with E-state index in [0.29, 0.717) is 24.0 Å². The molecule has 19 heavy (non-hydrogen) atoms. The number of hydrogen-bond acceptors (Lipinski definition) is 3. The first-order valence-corrected chi connectivity index (χ1v) is 6.51. The van der Waals surface area contributed by atoms with E-state index in [-0.39, 0.29) is 12.2 Å². The van der Waals surface area contributed by atoms with Crippen LogP contribution in [-0.4, -0.2) is 32.3 Å². The number of aliphatic hydroxyl groups is 1. The van der Waals surface area contributed by atoms with Crippen LogP contribution in [0.15, 0.2) is 18.2 Å². The first-order chi connectivity index (χ1) is 9.19.